The molecule has 2 amide bonds. The molecule has 0 heterocycles. The molecule has 0 aliphatic heterocycles. The van der Waals surface area contributed by atoms with Crippen LogP contribution in [0.1, 0.15) is 41.0 Å². The van der Waals surface area contributed by atoms with Gasteiger partial charge in [0.2, 0.25) is 0 Å². The molecule has 0 aliphatic carbocycles. The van der Waals surface area contributed by atoms with Crippen molar-refractivity contribution in [3.8, 4) is 5.75 Å². The zero-order chi connectivity index (χ0) is 23.0. The molecule has 2 rings (SSSR count). The standard InChI is InChI=1S/C20H21BrN4O5S/c1-12(2)9-10-30-17-8-5-14(21)11-16(17)19(27)22-20(31)24-23-18(26)13-3-6-15(7-4-13)25(28)29/h3-8,11-12H,9-10H2,1-2H3,(H,23,26)(H2,22,24,27,31). The first-order valence-corrected chi connectivity index (χ1v) is 10.5. The lowest BCUT2D eigenvalue weighted by molar-refractivity contribution is -0.384. The zero-order valence-electron chi connectivity index (χ0n) is 16.8. The average molecular weight is 509 g/mol. The molecule has 0 unspecified atom stereocenters. The monoisotopic (exact) mass is 508 g/mol. The number of halogens is 1. The summed E-state index contributed by atoms with van der Waals surface area (Å²) in [6.07, 6.45) is 0.839. The van der Waals surface area contributed by atoms with E-state index >= 15 is 0 Å². The number of hydrogen-bond acceptors (Lipinski definition) is 6. The second kappa shape index (κ2) is 11.4. The second-order valence-electron chi connectivity index (χ2n) is 6.84. The van der Waals surface area contributed by atoms with Crippen LogP contribution in [0.2, 0.25) is 0 Å². The van der Waals surface area contributed by atoms with Crippen molar-refractivity contribution in [2.75, 3.05) is 6.61 Å². The third-order valence-electron chi connectivity index (χ3n) is 4.00. The fourth-order valence-electron chi connectivity index (χ4n) is 2.33. The predicted molar refractivity (Wildman–Crippen MR) is 123 cm³/mol. The Hall–Kier alpha value is -3.05. The molecule has 0 spiro atoms. The molecule has 0 bridgehead atoms. The molecule has 0 aliphatic rings. The van der Waals surface area contributed by atoms with E-state index in [9.17, 15) is 19.7 Å². The fourth-order valence-corrected chi connectivity index (χ4v) is 2.84. The number of nitrogens with zero attached hydrogens (tertiary/aromatic N) is 1. The number of hydrogen-bond donors (Lipinski definition) is 3. The Morgan fingerprint density at radius 2 is 1.81 bits per heavy atom. The van der Waals surface area contributed by atoms with Gasteiger partial charge in [-0.3, -0.25) is 35.9 Å². The van der Waals surface area contributed by atoms with Crippen LogP contribution in [-0.2, 0) is 0 Å². The van der Waals surface area contributed by atoms with Gasteiger partial charge in [0.15, 0.2) is 5.11 Å². The van der Waals surface area contributed by atoms with Gasteiger partial charge in [-0.1, -0.05) is 29.8 Å². The average Bonchev–Trinajstić information content (AvgIpc) is 2.72. The predicted octanol–water partition coefficient (Wildman–Crippen LogP) is 3.73. The minimum atomic E-state index is -0.577. The smallest absolute Gasteiger partial charge is 0.269 e. The highest BCUT2D eigenvalue weighted by atomic mass is 79.9. The highest BCUT2D eigenvalue weighted by Crippen LogP contribution is 2.23. The minimum Gasteiger partial charge on any atom is -0.493 e. The van der Waals surface area contributed by atoms with Gasteiger partial charge in [-0.25, -0.2) is 0 Å². The first-order chi connectivity index (χ1) is 14.7. The van der Waals surface area contributed by atoms with E-state index in [1.807, 2.05) is 0 Å². The van der Waals surface area contributed by atoms with E-state index in [1.165, 1.54) is 24.3 Å². The molecular formula is C20H21BrN4O5S. The zero-order valence-corrected chi connectivity index (χ0v) is 19.2. The molecule has 0 atom stereocenters. The number of rotatable bonds is 7. The topological polar surface area (TPSA) is 123 Å². The number of nitro groups is 1. The number of amides is 2. The fraction of sp³-hybridized carbons (Fsp3) is 0.250. The van der Waals surface area contributed by atoms with Crippen molar-refractivity contribution in [3.63, 3.8) is 0 Å². The van der Waals surface area contributed by atoms with E-state index in [0.29, 0.717) is 22.7 Å². The number of thiocarbonyl (C=S) groups is 1. The summed E-state index contributed by atoms with van der Waals surface area (Å²) >= 11 is 8.38. The minimum absolute atomic E-state index is 0.131. The number of carbonyl (C=O) groups is 2. The molecule has 164 valence electrons. The maximum absolute atomic E-state index is 12.6. The van der Waals surface area contributed by atoms with Crippen molar-refractivity contribution in [3.05, 3.63) is 68.2 Å². The molecular weight excluding hydrogens is 488 g/mol. The van der Waals surface area contributed by atoms with Crippen LogP contribution in [0, 0.1) is 16.0 Å². The summed E-state index contributed by atoms with van der Waals surface area (Å²) in [7, 11) is 0. The van der Waals surface area contributed by atoms with Gasteiger partial charge < -0.3 is 4.74 Å². The number of hydrazine groups is 1. The molecule has 31 heavy (non-hydrogen) atoms. The van der Waals surface area contributed by atoms with Crippen molar-refractivity contribution in [1.29, 1.82) is 0 Å². The largest absolute Gasteiger partial charge is 0.493 e. The number of non-ortho nitro benzene ring substituents is 1. The normalized spacial score (nSPS) is 10.3. The lowest BCUT2D eigenvalue weighted by Gasteiger charge is -2.14. The van der Waals surface area contributed by atoms with E-state index in [2.05, 4.69) is 45.9 Å². The number of nitrogens with one attached hydrogen (secondary N) is 3. The molecule has 9 nitrogen and oxygen atoms in total. The lowest BCUT2D eigenvalue weighted by atomic mass is 10.1. The van der Waals surface area contributed by atoms with E-state index in [1.54, 1.807) is 18.2 Å². The van der Waals surface area contributed by atoms with Gasteiger partial charge >= 0.3 is 0 Å². The molecule has 0 saturated heterocycles. The van der Waals surface area contributed by atoms with Crippen LogP contribution in [0.25, 0.3) is 0 Å². The Morgan fingerprint density at radius 3 is 2.42 bits per heavy atom. The summed E-state index contributed by atoms with van der Waals surface area (Å²) < 4.78 is 6.42. The van der Waals surface area contributed by atoms with Crippen LogP contribution in [0.3, 0.4) is 0 Å². The first-order valence-electron chi connectivity index (χ1n) is 9.26. The van der Waals surface area contributed by atoms with Crippen molar-refractivity contribution >= 4 is 50.8 Å². The van der Waals surface area contributed by atoms with E-state index in [-0.39, 0.29) is 21.9 Å². The Morgan fingerprint density at radius 1 is 1.13 bits per heavy atom. The summed E-state index contributed by atoms with van der Waals surface area (Å²) in [5.41, 5.74) is 5.08. The van der Waals surface area contributed by atoms with Crippen LogP contribution < -0.4 is 20.9 Å². The van der Waals surface area contributed by atoms with Gasteiger partial charge in [-0.15, -0.1) is 0 Å². The van der Waals surface area contributed by atoms with Gasteiger partial charge in [0, 0.05) is 22.2 Å². The summed E-state index contributed by atoms with van der Waals surface area (Å²) in [5, 5.41) is 13.0. The molecule has 0 aromatic heterocycles. The van der Waals surface area contributed by atoms with E-state index in [4.69, 9.17) is 17.0 Å². The van der Waals surface area contributed by atoms with Gasteiger partial charge in [0.05, 0.1) is 17.1 Å². The highest BCUT2D eigenvalue weighted by Gasteiger charge is 2.16. The molecule has 0 fully saturated rings. The van der Waals surface area contributed by atoms with Crippen molar-refractivity contribution in [2.45, 2.75) is 20.3 Å². The number of carbonyl (C=O) groups excluding carboxylic acids is 2. The summed E-state index contributed by atoms with van der Waals surface area (Å²) in [4.78, 5) is 34.9. The maximum Gasteiger partial charge on any atom is 0.269 e. The third-order valence-corrected chi connectivity index (χ3v) is 4.69. The lowest BCUT2D eigenvalue weighted by Crippen LogP contribution is -2.48. The Kier molecular flexibility index (Phi) is 8.88. The summed E-state index contributed by atoms with van der Waals surface area (Å²) in [5.74, 6) is -0.211. The maximum atomic E-state index is 12.6. The van der Waals surface area contributed by atoms with Crippen LogP contribution >= 0.6 is 28.1 Å². The van der Waals surface area contributed by atoms with Crippen LogP contribution in [0.5, 0.6) is 5.75 Å². The van der Waals surface area contributed by atoms with Gasteiger partial charge in [-0.2, -0.15) is 0 Å². The third kappa shape index (κ3) is 7.61. The summed E-state index contributed by atoms with van der Waals surface area (Å²) in [6.45, 7) is 4.62. The van der Waals surface area contributed by atoms with Crippen LogP contribution in [0.15, 0.2) is 46.9 Å². The Balaban J connectivity index is 1.94. The second-order valence-corrected chi connectivity index (χ2v) is 8.16. The highest BCUT2D eigenvalue weighted by molar-refractivity contribution is 9.10. The van der Waals surface area contributed by atoms with Crippen molar-refractivity contribution in [1.82, 2.24) is 16.2 Å². The molecule has 2 aromatic carbocycles. The quantitative estimate of drug-likeness (QED) is 0.295. The molecule has 11 heteroatoms. The molecule has 0 radical (unpaired) electrons. The SMILES string of the molecule is CC(C)CCOc1ccc(Br)cc1C(=O)NC(=S)NNC(=O)c1ccc([N+](=O)[O-])cc1. The molecule has 3 N–H and O–H groups in total. The number of benzene rings is 2. The van der Waals surface area contributed by atoms with Gasteiger partial charge in [0.1, 0.15) is 5.75 Å². The van der Waals surface area contributed by atoms with Gasteiger partial charge in [-0.05, 0) is 54.9 Å². The van der Waals surface area contributed by atoms with Crippen LogP contribution in [-0.4, -0.2) is 28.5 Å². The van der Waals surface area contributed by atoms with Crippen molar-refractivity contribution in [2.24, 2.45) is 5.92 Å². The van der Waals surface area contributed by atoms with Crippen LogP contribution in [0.4, 0.5) is 5.69 Å². The van der Waals surface area contributed by atoms with Gasteiger partial charge in [0.25, 0.3) is 17.5 Å². The Bertz CT molecular complexity index is 982. The van der Waals surface area contributed by atoms with E-state index in [0.717, 1.165) is 6.42 Å². The first kappa shape index (κ1) is 24.2. The van der Waals surface area contributed by atoms with Crippen molar-refractivity contribution < 1.29 is 19.2 Å². The molecule has 2 aromatic rings. The van der Waals surface area contributed by atoms with E-state index < -0.39 is 16.7 Å². The Labute approximate surface area is 192 Å². The number of nitro benzene ring substituents is 1. The molecule has 0 saturated carbocycles. The number of ether oxygens (including phenoxy) is 1. The summed E-state index contributed by atoms with van der Waals surface area (Å²) in [6, 6.07) is 10.1.